The molecule has 0 bridgehead atoms. The van der Waals surface area contributed by atoms with Crippen LogP contribution in [0.3, 0.4) is 0 Å². The van der Waals surface area contributed by atoms with Gasteiger partial charge in [0, 0.05) is 24.5 Å². The molecule has 2 atom stereocenters. The molecule has 2 N–H and O–H groups in total. The monoisotopic (exact) mass is 329 g/mol. The summed E-state index contributed by atoms with van der Waals surface area (Å²) >= 11 is 0. The summed E-state index contributed by atoms with van der Waals surface area (Å²) in [5.41, 5.74) is 1.33. The standard InChI is InChI=1S/C19H27N3O2/c1-22-11-8-18(14-4-5-15(23-2)16(12-14)24-3)6-7-19(13-17(18)22)20-9-10-21-19/h4-7,12,17,20-21H,8-11,13H2,1-3H3/t17-,18-/m0/s1. The summed E-state index contributed by atoms with van der Waals surface area (Å²) in [4.78, 5) is 2.50. The summed E-state index contributed by atoms with van der Waals surface area (Å²) in [5.74, 6) is 1.60. The van der Waals surface area contributed by atoms with Crippen LogP contribution in [0.1, 0.15) is 18.4 Å². The van der Waals surface area contributed by atoms with Gasteiger partial charge in [-0.15, -0.1) is 0 Å². The Labute approximate surface area is 144 Å². The van der Waals surface area contributed by atoms with Gasteiger partial charge < -0.3 is 14.4 Å². The number of nitrogens with one attached hydrogen (secondary N) is 2. The third-order valence-corrected chi connectivity index (χ3v) is 6.11. The Morgan fingerprint density at radius 3 is 2.54 bits per heavy atom. The average molecular weight is 329 g/mol. The molecule has 5 nitrogen and oxygen atoms in total. The first kappa shape index (κ1) is 15.9. The quantitative estimate of drug-likeness (QED) is 0.823. The van der Waals surface area contributed by atoms with Gasteiger partial charge in [0.15, 0.2) is 11.5 Å². The van der Waals surface area contributed by atoms with Gasteiger partial charge in [-0.1, -0.05) is 18.2 Å². The van der Waals surface area contributed by atoms with Crippen molar-refractivity contribution in [2.24, 2.45) is 0 Å². The maximum absolute atomic E-state index is 5.55. The van der Waals surface area contributed by atoms with E-state index in [0.29, 0.717) is 6.04 Å². The van der Waals surface area contributed by atoms with Crippen molar-refractivity contribution in [2.45, 2.75) is 30.0 Å². The molecule has 2 aliphatic heterocycles. The van der Waals surface area contributed by atoms with Crippen molar-refractivity contribution in [3.63, 3.8) is 0 Å². The number of ether oxygens (including phenoxy) is 2. The van der Waals surface area contributed by atoms with Crippen LogP contribution in [0, 0.1) is 0 Å². The van der Waals surface area contributed by atoms with E-state index in [1.807, 2.05) is 6.07 Å². The number of benzene rings is 1. The predicted octanol–water partition coefficient (Wildman–Crippen LogP) is 1.49. The smallest absolute Gasteiger partial charge is 0.161 e. The molecule has 1 aromatic carbocycles. The van der Waals surface area contributed by atoms with Crippen molar-refractivity contribution in [2.75, 3.05) is 40.9 Å². The molecule has 1 spiro atoms. The van der Waals surface area contributed by atoms with Gasteiger partial charge in [-0.05, 0) is 44.1 Å². The molecular formula is C19H27N3O2. The lowest BCUT2D eigenvalue weighted by atomic mass is 9.67. The molecule has 0 unspecified atom stereocenters. The van der Waals surface area contributed by atoms with Gasteiger partial charge >= 0.3 is 0 Å². The highest BCUT2D eigenvalue weighted by Crippen LogP contribution is 2.48. The molecule has 0 radical (unpaired) electrons. The highest BCUT2D eigenvalue weighted by Gasteiger charge is 2.52. The minimum atomic E-state index is -0.0384. The Kier molecular flexibility index (Phi) is 3.82. The molecular weight excluding hydrogens is 302 g/mol. The van der Waals surface area contributed by atoms with Crippen molar-refractivity contribution >= 4 is 0 Å². The first-order chi connectivity index (χ1) is 11.6. The zero-order valence-electron chi connectivity index (χ0n) is 14.8. The lowest BCUT2D eigenvalue weighted by molar-refractivity contribution is 0.190. The lowest BCUT2D eigenvalue weighted by Gasteiger charge is -2.45. The fraction of sp³-hybridized carbons (Fsp3) is 0.579. The van der Waals surface area contributed by atoms with Gasteiger partial charge in [-0.2, -0.15) is 0 Å². The van der Waals surface area contributed by atoms with E-state index < -0.39 is 0 Å². The minimum absolute atomic E-state index is 0.0384. The molecule has 130 valence electrons. The Balaban J connectivity index is 1.77. The summed E-state index contributed by atoms with van der Waals surface area (Å²) < 4.78 is 11.0. The molecule has 24 heavy (non-hydrogen) atoms. The molecule has 1 aliphatic carbocycles. The highest BCUT2D eigenvalue weighted by atomic mass is 16.5. The first-order valence-electron chi connectivity index (χ1n) is 8.76. The second kappa shape index (κ2) is 5.76. The molecule has 2 heterocycles. The topological polar surface area (TPSA) is 45.8 Å². The van der Waals surface area contributed by atoms with E-state index in [2.05, 4.69) is 46.9 Å². The predicted molar refractivity (Wildman–Crippen MR) is 94.8 cm³/mol. The van der Waals surface area contributed by atoms with Gasteiger partial charge in [-0.25, -0.2) is 0 Å². The van der Waals surface area contributed by atoms with Crippen LogP contribution >= 0.6 is 0 Å². The van der Waals surface area contributed by atoms with Crippen LogP contribution in [0.4, 0.5) is 0 Å². The van der Waals surface area contributed by atoms with E-state index in [0.717, 1.165) is 44.0 Å². The molecule has 2 fully saturated rings. The Morgan fingerprint density at radius 1 is 1.08 bits per heavy atom. The van der Waals surface area contributed by atoms with Crippen LogP contribution < -0.4 is 20.1 Å². The van der Waals surface area contributed by atoms with Crippen LogP contribution in [0.15, 0.2) is 30.4 Å². The van der Waals surface area contributed by atoms with Crippen molar-refractivity contribution in [1.29, 1.82) is 0 Å². The van der Waals surface area contributed by atoms with E-state index in [1.54, 1.807) is 14.2 Å². The van der Waals surface area contributed by atoms with Crippen LogP contribution in [-0.4, -0.2) is 57.5 Å². The van der Waals surface area contributed by atoms with Gasteiger partial charge in [0.2, 0.25) is 0 Å². The molecule has 1 aromatic rings. The highest BCUT2D eigenvalue weighted by molar-refractivity contribution is 5.49. The van der Waals surface area contributed by atoms with Crippen LogP contribution in [-0.2, 0) is 5.41 Å². The first-order valence-corrected chi connectivity index (χ1v) is 8.76. The van der Waals surface area contributed by atoms with Crippen molar-refractivity contribution < 1.29 is 9.47 Å². The maximum Gasteiger partial charge on any atom is 0.161 e. The summed E-state index contributed by atoms with van der Waals surface area (Å²) in [5, 5.41) is 7.29. The van der Waals surface area contributed by atoms with Crippen molar-refractivity contribution in [3.8, 4) is 11.5 Å². The largest absolute Gasteiger partial charge is 0.493 e. The third kappa shape index (κ3) is 2.26. The lowest BCUT2D eigenvalue weighted by Crippen LogP contribution is -2.57. The van der Waals surface area contributed by atoms with Crippen LogP contribution in [0.2, 0.25) is 0 Å². The SMILES string of the molecule is COc1ccc([C@@]23C=CC4(C[C@@H]2N(C)CC3)NCCN4)cc1OC. The summed E-state index contributed by atoms with van der Waals surface area (Å²) in [7, 11) is 5.63. The second-order valence-electron chi connectivity index (χ2n) is 7.22. The molecule has 4 rings (SSSR count). The van der Waals surface area contributed by atoms with Gasteiger partial charge in [0.25, 0.3) is 0 Å². The van der Waals surface area contributed by atoms with E-state index in [4.69, 9.17) is 9.47 Å². The van der Waals surface area contributed by atoms with Gasteiger partial charge in [0.05, 0.1) is 19.9 Å². The van der Waals surface area contributed by atoms with E-state index in [9.17, 15) is 0 Å². The number of likely N-dealkylation sites (N-methyl/N-ethyl adjacent to an activating group) is 1. The number of likely N-dealkylation sites (tertiary alicyclic amines) is 1. The zero-order valence-corrected chi connectivity index (χ0v) is 14.8. The van der Waals surface area contributed by atoms with E-state index in [1.165, 1.54) is 5.56 Å². The minimum Gasteiger partial charge on any atom is -0.493 e. The molecule has 0 amide bonds. The normalized spacial score (nSPS) is 31.4. The summed E-state index contributed by atoms with van der Waals surface area (Å²) in [6.45, 7) is 3.17. The Bertz CT molecular complexity index is 654. The Hall–Kier alpha value is -1.56. The average Bonchev–Trinajstić information content (AvgIpc) is 3.21. The number of hydrogen-bond donors (Lipinski definition) is 2. The molecule has 0 aromatic heterocycles. The fourth-order valence-electron chi connectivity index (χ4n) is 4.73. The number of fused-ring (bicyclic) bond motifs is 1. The fourth-order valence-corrected chi connectivity index (χ4v) is 4.73. The van der Waals surface area contributed by atoms with Crippen molar-refractivity contribution in [1.82, 2.24) is 15.5 Å². The van der Waals surface area contributed by atoms with Gasteiger partial charge in [0.1, 0.15) is 0 Å². The zero-order chi connectivity index (χ0) is 16.8. The summed E-state index contributed by atoms with van der Waals surface area (Å²) in [6, 6.07) is 6.86. The molecule has 5 heteroatoms. The summed E-state index contributed by atoms with van der Waals surface area (Å²) in [6.07, 6.45) is 6.99. The van der Waals surface area contributed by atoms with Crippen LogP contribution in [0.25, 0.3) is 0 Å². The number of methoxy groups -OCH3 is 2. The number of nitrogens with zero attached hydrogens (tertiary/aromatic N) is 1. The molecule has 0 saturated carbocycles. The molecule has 2 saturated heterocycles. The Morgan fingerprint density at radius 2 is 1.83 bits per heavy atom. The molecule has 3 aliphatic rings. The second-order valence-corrected chi connectivity index (χ2v) is 7.22. The maximum atomic E-state index is 5.55. The van der Waals surface area contributed by atoms with Gasteiger partial charge in [-0.3, -0.25) is 10.6 Å². The number of rotatable bonds is 3. The van der Waals surface area contributed by atoms with Crippen molar-refractivity contribution in [3.05, 3.63) is 35.9 Å². The van der Waals surface area contributed by atoms with E-state index >= 15 is 0 Å². The number of hydrogen-bond acceptors (Lipinski definition) is 5. The van der Waals surface area contributed by atoms with E-state index in [-0.39, 0.29) is 11.1 Å². The third-order valence-electron chi connectivity index (χ3n) is 6.11. The van der Waals surface area contributed by atoms with Crippen LogP contribution in [0.5, 0.6) is 11.5 Å².